The molecule has 0 saturated heterocycles. The highest BCUT2D eigenvalue weighted by Gasteiger charge is 2.34. The molecule has 0 bridgehead atoms. The van der Waals surface area contributed by atoms with Gasteiger partial charge in [0.1, 0.15) is 5.54 Å². The number of primary amides is 1. The van der Waals surface area contributed by atoms with E-state index in [9.17, 15) is 4.79 Å². The molecule has 1 atom stereocenters. The molecule has 0 spiro atoms. The first-order chi connectivity index (χ1) is 7.38. The fraction of sp³-hybridized carbons (Fsp3) is 0.417. The lowest BCUT2D eigenvalue weighted by atomic mass is 9.90. The summed E-state index contributed by atoms with van der Waals surface area (Å²) in [6.45, 7) is 5.77. The molecule has 1 aromatic rings. The zero-order valence-corrected chi connectivity index (χ0v) is 11.3. The highest BCUT2D eigenvalue weighted by Crippen LogP contribution is 2.28. The van der Waals surface area contributed by atoms with Crippen molar-refractivity contribution in [3.8, 4) is 0 Å². The lowest BCUT2D eigenvalue weighted by Crippen LogP contribution is -2.53. The van der Waals surface area contributed by atoms with E-state index in [4.69, 9.17) is 5.73 Å². The Morgan fingerprint density at radius 2 is 2.00 bits per heavy atom. The third kappa shape index (κ3) is 2.62. The number of amides is 1. The minimum atomic E-state index is -0.853. The number of carbonyl (C=O) groups is 1. The van der Waals surface area contributed by atoms with E-state index in [1.165, 1.54) is 0 Å². The van der Waals surface area contributed by atoms with Crippen molar-refractivity contribution in [2.24, 2.45) is 5.73 Å². The van der Waals surface area contributed by atoms with Crippen LogP contribution < -0.4 is 11.1 Å². The van der Waals surface area contributed by atoms with Gasteiger partial charge in [-0.15, -0.1) is 0 Å². The Hall–Kier alpha value is -0.870. The van der Waals surface area contributed by atoms with Crippen molar-refractivity contribution < 1.29 is 4.79 Å². The number of benzene rings is 1. The average molecular weight is 285 g/mol. The summed E-state index contributed by atoms with van der Waals surface area (Å²) in [5.74, 6) is -0.381. The van der Waals surface area contributed by atoms with Crippen LogP contribution in [0.15, 0.2) is 28.7 Å². The third-order valence-electron chi connectivity index (χ3n) is 2.48. The van der Waals surface area contributed by atoms with Gasteiger partial charge in [0.25, 0.3) is 0 Å². The largest absolute Gasteiger partial charge is 0.368 e. The van der Waals surface area contributed by atoms with Crippen molar-refractivity contribution in [3.05, 3.63) is 34.3 Å². The first-order valence-corrected chi connectivity index (χ1v) is 6.00. The Labute approximate surface area is 105 Å². The van der Waals surface area contributed by atoms with Crippen LogP contribution in [0.25, 0.3) is 0 Å². The van der Waals surface area contributed by atoms with E-state index < -0.39 is 5.54 Å². The Morgan fingerprint density at radius 1 is 1.44 bits per heavy atom. The van der Waals surface area contributed by atoms with Gasteiger partial charge in [-0.05, 0) is 32.4 Å². The maximum Gasteiger partial charge on any atom is 0.242 e. The summed E-state index contributed by atoms with van der Waals surface area (Å²) in [4.78, 5) is 11.6. The molecule has 3 N–H and O–H groups in total. The monoisotopic (exact) mass is 284 g/mol. The Morgan fingerprint density at radius 3 is 2.44 bits per heavy atom. The Balaban J connectivity index is 3.22. The van der Waals surface area contributed by atoms with Crippen LogP contribution in [-0.2, 0) is 10.3 Å². The summed E-state index contributed by atoms with van der Waals surface area (Å²) in [5, 5.41) is 3.21. The van der Waals surface area contributed by atoms with Gasteiger partial charge >= 0.3 is 0 Å². The first-order valence-electron chi connectivity index (χ1n) is 5.20. The molecule has 0 aromatic heterocycles. The molecular weight excluding hydrogens is 268 g/mol. The summed E-state index contributed by atoms with van der Waals surface area (Å²) in [7, 11) is 0. The normalized spacial score (nSPS) is 14.8. The van der Waals surface area contributed by atoms with Gasteiger partial charge in [0.15, 0.2) is 0 Å². The quantitative estimate of drug-likeness (QED) is 0.890. The van der Waals surface area contributed by atoms with Crippen LogP contribution in [0.5, 0.6) is 0 Å². The van der Waals surface area contributed by atoms with E-state index in [-0.39, 0.29) is 11.9 Å². The highest BCUT2D eigenvalue weighted by atomic mass is 79.9. The maximum absolute atomic E-state index is 11.6. The number of hydrogen-bond acceptors (Lipinski definition) is 2. The van der Waals surface area contributed by atoms with Crippen molar-refractivity contribution in [1.29, 1.82) is 0 Å². The molecule has 3 nitrogen and oxygen atoms in total. The smallest absolute Gasteiger partial charge is 0.242 e. The summed E-state index contributed by atoms with van der Waals surface area (Å²) >= 11 is 3.44. The molecular formula is C12H17BrN2O. The predicted molar refractivity (Wildman–Crippen MR) is 69.0 cm³/mol. The molecule has 1 unspecified atom stereocenters. The zero-order valence-electron chi connectivity index (χ0n) is 9.75. The fourth-order valence-electron chi connectivity index (χ4n) is 1.73. The molecule has 0 saturated carbocycles. The summed E-state index contributed by atoms with van der Waals surface area (Å²) in [5.41, 5.74) is 5.50. The standard InChI is InChI=1S/C12H17BrN2O/c1-8(2)15-12(3,11(14)16)9-6-4-5-7-10(9)13/h4-8,15H,1-3H3,(H2,14,16). The number of halogens is 1. The van der Waals surface area contributed by atoms with Gasteiger partial charge in [-0.2, -0.15) is 0 Å². The van der Waals surface area contributed by atoms with E-state index in [0.29, 0.717) is 0 Å². The second kappa shape index (κ2) is 4.97. The van der Waals surface area contributed by atoms with E-state index in [2.05, 4.69) is 21.2 Å². The van der Waals surface area contributed by atoms with Crippen molar-refractivity contribution in [1.82, 2.24) is 5.32 Å². The van der Waals surface area contributed by atoms with Crippen LogP contribution in [0.4, 0.5) is 0 Å². The van der Waals surface area contributed by atoms with E-state index in [0.717, 1.165) is 10.0 Å². The summed E-state index contributed by atoms with van der Waals surface area (Å²) in [6.07, 6.45) is 0. The van der Waals surface area contributed by atoms with Crippen LogP contribution >= 0.6 is 15.9 Å². The van der Waals surface area contributed by atoms with Gasteiger partial charge in [0.2, 0.25) is 5.91 Å². The first kappa shape index (κ1) is 13.2. The molecule has 1 amide bonds. The number of nitrogens with two attached hydrogens (primary N) is 1. The molecule has 88 valence electrons. The lowest BCUT2D eigenvalue weighted by molar-refractivity contribution is -0.124. The second-order valence-electron chi connectivity index (χ2n) is 4.27. The van der Waals surface area contributed by atoms with Crippen molar-refractivity contribution in [2.75, 3.05) is 0 Å². The molecule has 0 aliphatic rings. The van der Waals surface area contributed by atoms with Gasteiger partial charge in [-0.3, -0.25) is 10.1 Å². The highest BCUT2D eigenvalue weighted by molar-refractivity contribution is 9.10. The topological polar surface area (TPSA) is 55.1 Å². The van der Waals surface area contributed by atoms with Crippen LogP contribution in [0.1, 0.15) is 26.3 Å². The minimum absolute atomic E-state index is 0.171. The molecule has 0 radical (unpaired) electrons. The molecule has 4 heteroatoms. The van der Waals surface area contributed by atoms with Gasteiger partial charge < -0.3 is 5.73 Å². The molecule has 0 fully saturated rings. The minimum Gasteiger partial charge on any atom is -0.368 e. The van der Waals surface area contributed by atoms with Crippen LogP contribution in [-0.4, -0.2) is 11.9 Å². The number of carbonyl (C=O) groups excluding carboxylic acids is 1. The van der Waals surface area contributed by atoms with Crippen LogP contribution in [0, 0.1) is 0 Å². The van der Waals surface area contributed by atoms with Gasteiger partial charge in [0, 0.05) is 10.5 Å². The van der Waals surface area contributed by atoms with Crippen molar-refractivity contribution in [2.45, 2.75) is 32.4 Å². The summed E-state index contributed by atoms with van der Waals surface area (Å²) < 4.78 is 0.879. The maximum atomic E-state index is 11.6. The molecule has 1 aromatic carbocycles. The third-order valence-corrected chi connectivity index (χ3v) is 3.17. The van der Waals surface area contributed by atoms with Gasteiger partial charge in [0.05, 0.1) is 0 Å². The van der Waals surface area contributed by atoms with E-state index >= 15 is 0 Å². The predicted octanol–water partition coefficient (Wildman–Crippen LogP) is 2.15. The van der Waals surface area contributed by atoms with Gasteiger partial charge in [-0.25, -0.2) is 0 Å². The van der Waals surface area contributed by atoms with Crippen LogP contribution in [0.2, 0.25) is 0 Å². The van der Waals surface area contributed by atoms with E-state index in [1.807, 2.05) is 38.1 Å². The fourth-order valence-corrected chi connectivity index (χ4v) is 2.41. The Bertz CT molecular complexity index is 392. The molecule has 1 rings (SSSR count). The van der Waals surface area contributed by atoms with Crippen molar-refractivity contribution >= 4 is 21.8 Å². The SMILES string of the molecule is CC(C)NC(C)(C(N)=O)c1ccccc1Br. The van der Waals surface area contributed by atoms with Gasteiger partial charge in [-0.1, -0.05) is 34.1 Å². The lowest BCUT2D eigenvalue weighted by Gasteiger charge is -2.31. The Kier molecular flexibility index (Phi) is 4.10. The average Bonchev–Trinajstić information content (AvgIpc) is 2.16. The number of rotatable bonds is 4. The molecule has 0 aliphatic heterocycles. The second-order valence-corrected chi connectivity index (χ2v) is 5.12. The molecule has 16 heavy (non-hydrogen) atoms. The summed E-state index contributed by atoms with van der Waals surface area (Å²) in [6, 6.07) is 7.76. The van der Waals surface area contributed by atoms with Crippen molar-refractivity contribution in [3.63, 3.8) is 0 Å². The zero-order chi connectivity index (χ0) is 12.3. The van der Waals surface area contributed by atoms with E-state index in [1.54, 1.807) is 6.92 Å². The van der Waals surface area contributed by atoms with Crippen LogP contribution in [0.3, 0.4) is 0 Å². The number of hydrogen-bond donors (Lipinski definition) is 2. The molecule has 0 heterocycles. The number of nitrogens with one attached hydrogen (secondary N) is 1. The molecule has 0 aliphatic carbocycles.